The Morgan fingerprint density at radius 1 is 1.22 bits per heavy atom. The fourth-order valence-corrected chi connectivity index (χ4v) is 2.39. The van der Waals surface area contributed by atoms with E-state index in [1.165, 1.54) is 0 Å². The third-order valence-corrected chi connectivity index (χ3v) is 3.49. The fourth-order valence-electron chi connectivity index (χ4n) is 2.39. The van der Waals surface area contributed by atoms with Crippen LogP contribution in [-0.4, -0.2) is 39.2 Å². The fraction of sp³-hybridized carbons (Fsp3) is 0.188. The molecule has 0 atom stereocenters. The molecule has 0 saturated carbocycles. The molecule has 1 N–H and O–H groups in total. The largest absolute Gasteiger partial charge is 0.395 e. The number of benzene rings is 2. The molecule has 0 fully saturated rings. The third kappa shape index (κ3) is 3.33. The van der Waals surface area contributed by atoms with Crippen LogP contribution in [0.4, 0.5) is 5.69 Å². The van der Waals surface area contributed by atoms with Gasteiger partial charge in [0.1, 0.15) is 5.52 Å². The molecule has 0 spiro atoms. The van der Waals surface area contributed by atoms with E-state index in [-0.39, 0.29) is 31.5 Å². The van der Waals surface area contributed by atoms with Crippen molar-refractivity contribution in [3.8, 4) is 0 Å². The van der Waals surface area contributed by atoms with Crippen molar-refractivity contribution < 1.29 is 9.90 Å². The number of halogens is 1. The number of rotatable bonds is 4. The van der Waals surface area contributed by atoms with Crippen LogP contribution in [0.25, 0.3) is 11.0 Å². The summed E-state index contributed by atoms with van der Waals surface area (Å²) < 4.78 is 1.66. The Labute approximate surface area is 139 Å². The molecule has 1 aromatic heterocycles. The van der Waals surface area contributed by atoms with E-state index < -0.39 is 0 Å². The van der Waals surface area contributed by atoms with Crippen LogP contribution in [0.5, 0.6) is 0 Å². The summed E-state index contributed by atoms with van der Waals surface area (Å²) in [5.41, 5.74) is 2.81. The number of anilines is 1. The highest BCUT2D eigenvalue weighted by Gasteiger charge is 2.18. The predicted molar refractivity (Wildman–Crippen MR) is 91.0 cm³/mol. The number of aliphatic hydroxyl groups excluding tert-OH is 1. The summed E-state index contributed by atoms with van der Waals surface area (Å²) in [5.74, 6) is -0.173. The van der Waals surface area contributed by atoms with Crippen LogP contribution in [0.3, 0.4) is 0 Å². The first-order chi connectivity index (χ1) is 10.7. The molecular weight excluding hydrogens is 316 g/mol. The van der Waals surface area contributed by atoms with E-state index in [1.807, 2.05) is 36.4 Å². The Balaban J connectivity index is 0.00000192. The molecule has 0 saturated heterocycles. The number of fused-ring (bicyclic) bond motifs is 1. The highest BCUT2D eigenvalue weighted by molar-refractivity contribution is 6.07. The normalized spacial score (nSPS) is 10.3. The van der Waals surface area contributed by atoms with Gasteiger partial charge in [-0.2, -0.15) is 0 Å². The molecule has 3 aromatic rings. The second-order valence-electron chi connectivity index (χ2n) is 4.93. The Kier molecular flexibility index (Phi) is 5.31. The molecule has 0 aliphatic heterocycles. The van der Waals surface area contributed by atoms with Gasteiger partial charge in [0, 0.05) is 24.8 Å². The van der Waals surface area contributed by atoms with Crippen LogP contribution in [0.2, 0.25) is 0 Å². The number of nitrogens with zero attached hydrogens (tertiary/aromatic N) is 4. The smallest absolute Gasteiger partial charge is 0.258 e. The van der Waals surface area contributed by atoms with E-state index in [2.05, 4.69) is 10.3 Å². The van der Waals surface area contributed by atoms with Crippen molar-refractivity contribution in [3.63, 3.8) is 0 Å². The molecule has 120 valence electrons. The van der Waals surface area contributed by atoms with Crippen molar-refractivity contribution in [1.29, 1.82) is 0 Å². The van der Waals surface area contributed by atoms with Gasteiger partial charge in [-0.1, -0.05) is 23.4 Å². The van der Waals surface area contributed by atoms with Crippen LogP contribution in [-0.2, 0) is 7.05 Å². The minimum Gasteiger partial charge on any atom is -0.395 e. The minimum absolute atomic E-state index is 0. The van der Waals surface area contributed by atoms with E-state index in [1.54, 1.807) is 28.8 Å². The number of hydrogen-bond acceptors (Lipinski definition) is 4. The maximum atomic E-state index is 12.7. The average Bonchev–Trinajstić information content (AvgIpc) is 2.93. The lowest BCUT2D eigenvalue weighted by molar-refractivity contribution is 0.0981. The summed E-state index contributed by atoms with van der Waals surface area (Å²) in [6, 6.07) is 14.6. The molecule has 1 heterocycles. The molecule has 0 aliphatic rings. The maximum absolute atomic E-state index is 12.7. The van der Waals surface area contributed by atoms with Crippen molar-refractivity contribution in [2.45, 2.75) is 0 Å². The molecule has 0 aliphatic carbocycles. The van der Waals surface area contributed by atoms with Gasteiger partial charge in [0.15, 0.2) is 0 Å². The van der Waals surface area contributed by atoms with Gasteiger partial charge in [-0.05, 0) is 30.3 Å². The summed E-state index contributed by atoms with van der Waals surface area (Å²) in [7, 11) is 1.80. The lowest BCUT2D eigenvalue weighted by Crippen LogP contribution is -2.33. The molecule has 6 nitrogen and oxygen atoms in total. The van der Waals surface area contributed by atoms with E-state index in [4.69, 9.17) is 0 Å². The van der Waals surface area contributed by atoms with E-state index >= 15 is 0 Å². The molecule has 1 amide bonds. The monoisotopic (exact) mass is 332 g/mol. The number of amides is 1. The summed E-state index contributed by atoms with van der Waals surface area (Å²) in [6.07, 6.45) is 0. The number of carbonyl (C=O) groups excluding carboxylic acids is 1. The van der Waals surface area contributed by atoms with Crippen LogP contribution < -0.4 is 4.90 Å². The first kappa shape index (κ1) is 16.9. The summed E-state index contributed by atoms with van der Waals surface area (Å²) >= 11 is 0. The maximum Gasteiger partial charge on any atom is 0.258 e. The number of para-hydroxylation sites is 1. The van der Waals surface area contributed by atoms with Gasteiger partial charge in [0.05, 0.1) is 12.1 Å². The van der Waals surface area contributed by atoms with Gasteiger partial charge >= 0.3 is 0 Å². The Hall–Kier alpha value is -2.44. The van der Waals surface area contributed by atoms with Crippen LogP contribution in [0.1, 0.15) is 10.4 Å². The number of aromatic nitrogens is 3. The van der Waals surface area contributed by atoms with E-state index in [0.29, 0.717) is 11.1 Å². The average molecular weight is 333 g/mol. The number of carbonyl (C=O) groups is 1. The zero-order valence-electron chi connectivity index (χ0n) is 12.6. The molecule has 23 heavy (non-hydrogen) atoms. The molecule has 3 rings (SSSR count). The van der Waals surface area contributed by atoms with Crippen LogP contribution in [0.15, 0.2) is 48.5 Å². The van der Waals surface area contributed by atoms with Gasteiger partial charge in [-0.25, -0.2) is 4.68 Å². The number of aliphatic hydroxyl groups is 1. The zero-order chi connectivity index (χ0) is 15.5. The highest BCUT2D eigenvalue weighted by Crippen LogP contribution is 2.19. The Morgan fingerprint density at radius 2 is 1.96 bits per heavy atom. The van der Waals surface area contributed by atoms with Gasteiger partial charge in [-0.15, -0.1) is 17.5 Å². The molecule has 0 unspecified atom stereocenters. The minimum atomic E-state index is -0.173. The van der Waals surface area contributed by atoms with Gasteiger partial charge in [-0.3, -0.25) is 4.79 Å². The van der Waals surface area contributed by atoms with Crippen LogP contribution in [0, 0.1) is 0 Å². The lowest BCUT2D eigenvalue weighted by Gasteiger charge is -2.22. The lowest BCUT2D eigenvalue weighted by atomic mass is 10.1. The van der Waals surface area contributed by atoms with Crippen molar-refractivity contribution in [2.75, 3.05) is 18.1 Å². The summed E-state index contributed by atoms with van der Waals surface area (Å²) in [4.78, 5) is 14.3. The summed E-state index contributed by atoms with van der Waals surface area (Å²) in [6.45, 7) is 0.134. The zero-order valence-corrected chi connectivity index (χ0v) is 13.4. The first-order valence-corrected chi connectivity index (χ1v) is 6.98. The van der Waals surface area contributed by atoms with E-state index in [9.17, 15) is 9.90 Å². The molecule has 2 aromatic carbocycles. The molecule has 0 radical (unpaired) electrons. The second kappa shape index (κ2) is 7.21. The van der Waals surface area contributed by atoms with E-state index in [0.717, 1.165) is 11.2 Å². The van der Waals surface area contributed by atoms with Gasteiger partial charge in [0.2, 0.25) is 0 Å². The molecule has 0 bridgehead atoms. The van der Waals surface area contributed by atoms with Crippen molar-refractivity contribution >= 4 is 35.0 Å². The number of aryl methyl sites for hydroxylation is 1. The molecular formula is C16H17ClN4O2. The SMILES string of the molecule is Cl.Cn1nnc2cc(C(=O)N(CCO)c3ccccc3)ccc21. The van der Waals surface area contributed by atoms with Crippen molar-refractivity contribution in [2.24, 2.45) is 7.05 Å². The highest BCUT2D eigenvalue weighted by atomic mass is 35.5. The van der Waals surface area contributed by atoms with Crippen molar-refractivity contribution in [1.82, 2.24) is 15.0 Å². The number of hydrogen-bond donors (Lipinski definition) is 1. The predicted octanol–water partition coefficient (Wildman–Crippen LogP) is 2.03. The topological polar surface area (TPSA) is 71.2 Å². The van der Waals surface area contributed by atoms with Gasteiger partial charge < -0.3 is 10.0 Å². The third-order valence-electron chi connectivity index (χ3n) is 3.49. The summed E-state index contributed by atoms with van der Waals surface area (Å²) in [5, 5.41) is 17.2. The van der Waals surface area contributed by atoms with Crippen LogP contribution >= 0.6 is 12.4 Å². The standard InChI is InChI=1S/C16H16N4O2.ClH/c1-19-15-8-7-12(11-14(15)17-18-19)16(22)20(9-10-21)13-5-3-2-4-6-13;/h2-8,11,21H,9-10H2,1H3;1H. The Bertz CT molecular complexity index is 804. The molecule has 7 heteroatoms. The first-order valence-electron chi connectivity index (χ1n) is 6.98. The quantitative estimate of drug-likeness (QED) is 0.793. The van der Waals surface area contributed by atoms with Gasteiger partial charge in [0.25, 0.3) is 5.91 Å². The Morgan fingerprint density at radius 3 is 2.65 bits per heavy atom. The van der Waals surface area contributed by atoms with Crippen molar-refractivity contribution in [3.05, 3.63) is 54.1 Å². The second-order valence-corrected chi connectivity index (χ2v) is 4.93.